The number of benzene rings is 3. The van der Waals surface area contributed by atoms with Gasteiger partial charge in [-0.05, 0) is 53.9 Å². The van der Waals surface area contributed by atoms with E-state index in [-0.39, 0.29) is 17.0 Å². The molecule has 0 heterocycles. The average molecular weight is 462 g/mol. The first kappa shape index (κ1) is 22.1. The second-order valence-corrected chi connectivity index (χ2v) is 7.98. The van der Waals surface area contributed by atoms with Crippen LogP contribution in [0.15, 0.2) is 54.6 Å². The third-order valence-corrected chi connectivity index (χ3v) is 5.59. The Labute approximate surface area is 189 Å². The topological polar surface area (TPSA) is 52.9 Å². The van der Waals surface area contributed by atoms with E-state index in [1.54, 1.807) is 43.3 Å². The third-order valence-electron chi connectivity index (χ3n) is 4.66. The van der Waals surface area contributed by atoms with Gasteiger partial charge in [-0.2, -0.15) is 5.26 Å². The van der Waals surface area contributed by atoms with E-state index >= 15 is 0 Å². The van der Waals surface area contributed by atoms with Crippen LogP contribution in [0.3, 0.4) is 0 Å². The van der Waals surface area contributed by atoms with Crippen molar-refractivity contribution in [3.8, 4) is 6.07 Å². The molecule has 0 radical (unpaired) electrons. The Morgan fingerprint density at radius 1 is 1.10 bits per heavy atom. The van der Waals surface area contributed by atoms with Crippen LogP contribution in [-0.4, -0.2) is 5.91 Å². The third kappa shape index (κ3) is 4.94. The van der Waals surface area contributed by atoms with Crippen molar-refractivity contribution in [2.45, 2.75) is 19.3 Å². The van der Waals surface area contributed by atoms with Gasteiger partial charge < -0.3 is 5.32 Å². The molecule has 1 atom stereocenters. The Morgan fingerprint density at radius 2 is 1.80 bits per heavy atom. The highest BCUT2D eigenvalue weighted by Gasteiger charge is 2.19. The van der Waals surface area contributed by atoms with Gasteiger partial charge in [0, 0.05) is 26.3 Å². The summed E-state index contributed by atoms with van der Waals surface area (Å²) in [6.07, 6.45) is -0.212. The van der Waals surface area contributed by atoms with Crippen LogP contribution < -0.4 is 5.32 Å². The molecule has 1 N–H and O–H groups in total. The van der Waals surface area contributed by atoms with Crippen LogP contribution in [0.2, 0.25) is 15.1 Å². The van der Waals surface area contributed by atoms with Crippen LogP contribution in [0, 0.1) is 24.1 Å². The molecule has 3 aromatic carbocycles. The minimum Gasteiger partial charge on any atom is -0.326 e. The number of halogens is 4. The van der Waals surface area contributed by atoms with Gasteiger partial charge in [0.1, 0.15) is 5.82 Å². The number of rotatable bonds is 5. The van der Waals surface area contributed by atoms with Gasteiger partial charge in [-0.3, -0.25) is 4.79 Å². The minimum atomic E-state index is -0.588. The van der Waals surface area contributed by atoms with Gasteiger partial charge in [0.15, 0.2) is 0 Å². The molecule has 30 heavy (non-hydrogen) atoms. The van der Waals surface area contributed by atoms with Crippen LogP contribution >= 0.6 is 34.8 Å². The zero-order chi connectivity index (χ0) is 21.8. The summed E-state index contributed by atoms with van der Waals surface area (Å²) in [5.41, 5.74) is 2.71. The van der Waals surface area contributed by atoms with Crippen LogP contribution in [0.25, 0.3) is 0 Å². The van der Waals surface area contributed by atoms with Gasteiger partial charge in [0.25, 0.3) is 0 Å². The van der Waals surface area contributed by atoms with Crippen molar-refractivity contribution in [2.75, 3.05) is 5.32 Å². The quantitative estimate of drug-likeness (QED) is 0.448. The van der Waals surface area contributed by atoms with Crippen molar-refractivity contribution in [3.63, 3.8) is 0 Å². The SMILES string of the molecule is Cc1cc(C(C#N)c2ccc(Cl)cc2)c(Cl)cc1NC(=O)Cc1c(F)cccc1Cl. The Hall–Kier alpha value is -2.58. The highest BCUT2D eigenvalue weighted by molar-refractivity contribution is 6.32. The molecule has 0 aliphatic rings. The highest BCUT2D eigenvalue weighted by atomic mass is 35.5. The molecule has 0 saturated heterocycles. The summed E-state index contributed by atoms with van der Waals surface area (Å²) in [4.78, 5) is 12.4. The van der Waals surface area contributed by atoms with Crippen molar-refractivity contribution in [1.82, 2.24) is 0 Å². The largest absolute Gasteiger partial charge is 0.326 e. The smallest absolute Gasteiger partial charge is 0.228 e. The van der Waals surface area contributed by atoms with Gasteiger partial charge in [-0.1, -0.05) is 59.1 Å². The van der Waals surface area contributed by atoms with Crippen molar-refractivity contribution < 1.29 is 9.18 Å². The van der Waals surface area contributed by atoms with Crippen molar-refractivity contribution in [1.29, 1.82) is 5.26 Å². The lowest BCUT2D eigenvalue weighted by Crippen LogP contribution is -2.16. The predicted molar refractivity (Wildman–Crippen MR) is 119 cm³/mol. The molecule has 1 amide bonds. The number of amides is 1. The monoisotopic (exact) mass is 460 g/mol. The van der Waals surface area contributed by atoms with Crippen molar-refractivity contribution in [2.24, 2.45) is 0 Å². The molecule has 0 aliphatic heterocycles. The number of hydrogen-bond donors (Lipinski definition) is 1. The van der Waals surface area contributed by atoms with Gasteiger partial charge >= 0.3 is 0 Å². The van der Waals surface area contributed by atoms with Crippen molar-refractivity contribution >= 4 is 46.4 Å². The number of carbonyl (C=O) groups is 1. The molecule has 0 spiro atoms. The molecule has 0 fully saturated rings. The lowest BCUT2D eigenvalue weighted by atomic mass is 9.91. The van der Waals surface area contributed by atoms with E-state index in [0.29, 0.717) is 21.3 Å². The molecule has 3 nitrogen and oxygen atoms in total. The molecule has 152 valence electrons. The average Bonchev–Trinajstić information content (AvgIpc) is 2.70. The Morgan fingerprint density at radius 3 is 2.43 bits per heavy atom. The number of nitriles is 1. The molecule has 1 unspecified atom stereocenters. The Bertz CT molecular complexity index is 1120. The first-order valence-electron chi connectivity index (χ1n) is 8.98. The van der Waals surface area contributed by atoms with E-state index < -0.39 is 17.6 Å². The fourth-order valence-electron chi connectivity index (χ4n) is 3.09. The zero-order valence-electron chi connectivity index (χ0n) is 15.8. The van der Waals surface area contributed by atoms with E-state index in [1.807, 2.05) is 0 Å². The lowest BCUT2D eigenvalue weighted by molar-refractivity contribution is -0.115. The summed E-state index contributed by atoms with van der Waals surface area (Å²) in [6.45, 7) is 1.79. The summed E-state index contributed by atoms with van der Waals surface area (Å²) in [7, 11) is 0. The molecule has 0 aromatic heterocycles. The Balaban J connectivity index is 1.84. The maximum Gasteiger partial charge on any atom is 0.228 e. The van der Waals surface area contributed by atoms with Crippen LogP contribution in [-0.2, 0) is 11.2 Å². The number of nitrogens with zero attached hydrogens (tertiary/aromatic N) is 1. The van der Waals surface area contributed by atoms with Crippen LogP contribution in [0.1, 0.15) is 28.2 Å². The summed E-state index contributed by atoms with van der Waals surface area (Å²) in [5, 5.41) is 13.5. The normalized spacial score (nSPS) is 11.6. The molecule has 7 heteroatoms. The van der Waals surface area contributed by atoms with Gasteiger partial charge in [0.2, 0.25) is 5.91 Å². The molecule has 0 saturated carbocycles. The first-order chi connectivity index (χ1) is 14.3. The van der Waals surface area contributed by atoms with Crippen LogP contribution in [0.4, 0.5) is 10.1 Å². The number of hydrogen-bond acceptors (Lipinski definition) is 2. The lowest BCUT2D eigenvalue weighted by Gasteiger charge is -2.16. The summed E-state index contributed by atoms with van der Waals surface area (Å²) in [6, 6.07) is 16.8. The minimum absolute atomic E-state index is 0.129. The zero-order valence-corrected chi connectivity index (χ0v) is 18.1. The van der Waals surface area contributed by atoms with E-state index in [4.69, 9.17) is 34.8 Å². The number of carbonyl (C=O) groups excluding carboxylic acids is 1. The fourth-order valence-corrected chi connectivity index (χ4v) is 3.72. The number of anilines is 1. The summed E-state index contributed by atoms with van der Waals surface area (Å²) >= 11 is 18.4. The standard InChI is InChI=1S/C23H16Cl3FN2O/c1-13-9-16(18(12-28)14-5-7-15(24)8-6-14)20(26)11-22(13)29-23(30)10-17-19(25)3-2-4-21(17)27/h2-9,11,18H,10H2,1H3,(H,29,30). The molecule has 0 aliphatic carbocycles. The molecular formula is C23H16Cl3FN2O. The van der Waals surface area contributed by atoms with Crippen molar-refractivity contribution in [3.05, 3.63) is 97.7 Å². The summed E-state index contributed by atoms with van der Waals surface area (Å²) in [5.74, 6) is -1.55. The maximum absolute atomic E-state index is 13.9. The molecule has 0 bridgehead atoms. The Kier molecular flexibility index (Phi) is 6.99. The van der Waals surface area contributed by atoms with Gasteiger partial charge in [-0.25, -0.2) is 4.39 Å². The highest BCUT2D eigenvalue weighted by Crippen LogP contribution is 2.34. The molecule has 3 rings (SSSR count). The van der Waals surface area contributed by atoms with E-state index in [0.717, 1.165) is 11.1 Å². The maximum atomic E-state index is 13.9. The van der Waals surface area contributed by atoms with Gasteiger partial charge in [0.05, 0.1) is 18.4 Å². The second kappa shape index (κ2) is 9.49. The van der Waals surface area contributed by atoms with E-state index in [1.165, 1.54) is 18.2 Å². The molecule has 3 aromatic rings. The molecular weight excluding hydrogens is 446 g/mol. The first-order valence-corrected chi connectivity index (χ1v) is 10.1. The second-order valence-electron chi connectivity index (χ2n) is 6.73. The summed E-state index contributed by atoms with van der Waals surface area (Å²) < 4.78 is 13.9. The van der Waals surface area contributed by atoms with Crippen LogP contribution in [0.5, 0.6) is 0 Å². The number of nitrogens with one attached hydrogen (secondary N) is 1. The van der Waals surface area contributed by atoms with Gasteiger partial charge in [-0.15, -0.1) is 0 Å². The van der Waals surface area contributed by atoms with E-state index in [9.17, 15) is 14.4 Å². The van der Waals surface area contributed by atoms with E-state index in [2.05, 4.69) is 11.4 Å². The fraction of sp³-hybridized carbons (Fsp3) is 0.130. The number of aryl methyl sites for hydroxylation is 1. The predicted octanol–water partition coefficient (Wildman–Crippen LogP) is 6.93.